The lowest BCUT2D eigenvalue weighted by Crippen LogP contribution is -2.50. The van der Waals surface area contributed by atoms with Gasteiger partial charge in [0.1, 0.15) is 5.60 Å². The van der Waals surface area contributed by atoms with Crippen molar-refractivity contribution in [2.24, 2.45) is 4.99 Å². The summed E-state index contributed by atoms with van der Waals surface area (Å²) in [7, 11) is 0. The number of hydrogen-bond donors (Lipinski definition) is 1. The van der Waals surface area contributed by atoms with Gasteiger partial charge in [0.15, 0.2) is 11.4 Å². The number of nitriles is 1. The molecule has 7 nitrogen and oxygen atoms in total. The standard InChI is InChI=1S/C18H24BrN5O2S/c1-18(2,3)26-17(25)24-9-7-23(8-10-24)15-6-5-13(11-14(15)19)22-16(27-4)21-12-20/h5-6,11H,7-10H2,1-4H3,(H,21,22). The number of ether oxygens (including phenoxy) is 1. The Balaban J connectivity index is 2.02. The summed E-state index contributed by atoms with van der Waals surface area (Å²) in [5, 5.41) is 11.8. The molecular formula is C18H24BrN5O2S. The molecule has 0 saturated carbocycles. The topological polar surface area (TPSA) is 81.0 Å². The van der Waals surface area contributed by atoms with Gasteiger partial charge in [-0.2, -0.15) is 5.26 Å². The molecule has 1 fully saturated rings. The van der Waals surface area contributed by atoms with Crippen LogP contribution in [-0.4, -0.2) is 54.2 Å². The Labute approximate surface area is 172 Å². The van der Waals surface area contributed by atoms with Gasteiger partial charge in [0.25, 0.3) is 0 Å². The smallest absolute Gasteiger partial charge is 0.410 e. The molecule has 1 aliphatic rings. The third kappa shape index (κ3) is 6.33. The molecule has 0 spiro atoms. The van der Waals surface area contributed by atoms with E-state index < -0.39 is 5.60 Å². The van der Waals surface area contributed by atoms with Crippen LogP contribution in [0.4, 0.5) is 16.2 Å². The summed E-state index contributed by atoms with van der Waals surface area (Å²) in [5.41, 5.74) is 1.32. The molecule has 1 amide bonds. The van der Waals surface area contributed by atoms with Crippen molar-refractivity contribution >= 4 is 50.3 Å². The van der Waals surface area contributed by atoms with Crippen LogP contribution in [0.15, 0.2) is 27.7 Å². The molecule has 0 aromatic heterocycles. The Bertz CT molecular complexity index is 749. The van der Waals surface area contributed by atoms with Gasteiger partial charge in [-0.15, -0.1) is 0 Å². The maximum atomic E-state index is 12.2. The van der Waals surface area contributed by atoms with Crippen LogP contribution in [0.2, 0.25) is 0 Å². The van der Waals surface area contributed by atoms with Crippen LogP contribution in [0.5, 0.6) is 0 Å². The molecule has 9 heteroatoms. The molecule has 1 aliphatic heterocycles. The first-order valence-corrected chi connectivity index (χ1v) is 10.6. The first-order chi connectivity index (χ1) is 12.7. The number of thioether (sulfide) groups is 1. The van der Waals surface area contributed by atoms with E-state index in [1.807, 2.05) is 51.4 Å². The Morgan fingerprint density at radius 3 is 2.52 bits per heavy atom. The average Bonchev–Trinajstić information content (AvgIpc) is 2.60. The van der Waals surface area contributed by atoms with Gasteiger partial charge in [-0.25, -0.2) is 9.79 Å². The molecule has 2 rings (SSSR count). The number of rotatable bonds is 2. The molecule has 1 saturated heterocycles. The molecule has 1 aromatic carbocycles. The van der Waals surface area contributed by atoms with E-state index in [1.54, 1.807) is 4.90 Å². The maximum absolute atomic E-state index is 12.2. The van der Waals surface area contributed by atoms with Crippen LogP contribution < -0.4 is 10.2 Å². The molecule has 1 aromatic rings. The number of carbonyl (C=O) groups is 1. The molecule has 0 atom stereocenters. The summed E-state index contributed by atoms with van der Waals surface area (Å²) in [6.07, 6.45) is 3.47. The van der Waals surface area contributed by atoms with Crippen molar-refractivity contribution in [1.29, 1.82) is 5.26 Å². The van der Waals surface area contributed by atoms with Crippen molar-refractivity contribution in [3.05, 3.63) is 22.7 Å². The normalized spacial score (nSPS) is 15.3. The van der Waals surface area contributed by atoms with Crippen LogP contribution >= 0.6 is 27.7 Å². The molecule has 0 aliphatic carbocycles. The van der Waals surface area contributed by atoms with Crippen LogP contribution in [0.3, 0.4) is 0 Å². The Morgan fingerprint density at radius 2 is 2.00 bits per heavy atom. The molecule has 146 valence electrons. The number of nitrogens with one attached hydrogen (secondary N) is 1. The summed E-state index contributed by atoms with van der Waals surface area (Å²) < 4.78 is 6.36. The first-order valence-electron chi connectivity index (χ1n) is 8.53. The minimum absolute atomic E-state index is 0.263. The van der Waals surface area contributed by atoms with E-state index in [-0.39, 0.29) is 6.09 Å². The SMILES string of the molecule is CSC(=Nc1ccc(N2CCN(C(=O)OC(C)(C)C)CC2)c(Br)c1)NC#N. The van der Waals surface area contributed by atoms with Crippen molar-refractivity contribution < 1.29 is 9.53 Å². The van der Waals surface area contributed by atoms with Crippen molar-refractivity contribution in [2.45, 2.75) is 26.4 Å². The number of anilines is 1. The summed E-state index contributed by atoms with van der Waals surface area (Å²) in [6.45, 7) is 8.30. The number of halogens is 1. The summed E-state index contributed by atoms with van der Waals surface area (Å²) in [5.74, 6) is 0. The van der Waals surface area contributed by atoms with Crippen LogP contribution in [0.25, 0.3) is 0 Å². The number of piperazine rings is 1. The quantitative estimate of drug-likeness (QED) is 0.316. The van der Waals surface area contributed by atoms with E-state index in [0.29, 0.717) is 18.3 Å². The second kappa shape index (κ2) is 9.33. The number of amidine groups is 1. The summed E-state index contributed by atoms with van der Waals surface area (Å²) in [6, 6.07) is 5.83. The zero-order chi connectivity index (χ0) is 20.0. The highest BCUT2D eigenvalue weighted by Gasteiger charge is 2.26. The number of amides is 1. The number of nitrogens with zero attached hydrogens (tertiary/aromatic N) is 4. The number of aliphatic imine (C=N–C) groups is 1. The zero-order valence-electron chi connectivity index (χ0n) is 16.0. The Hall–Kier alpha value is -1.92. The third-order valence-corrected chi connectivity index (χ3v) is 5.01. The highest BCUT2D eigenvalue weighted by Crippen LogP contribution is 2.31. The fraction of sp³-hybridized carbons (Fsp3) is 0.500. The number of hydrogen-bond acceptors (Lipinski definition) is 6. The Morgan fingerprint density at radius 1 is 1.33 bits per heavy atom. The Kier molecular flexibility index (Phi) is 7.39. The molecule has 1 heterocycles. The number of carbonyl (C=O) groups excluding carboxylic acids is 1. The van der Waals surface area contributed by atoms with E-state index in [2.05, 4.69) is 31.1 Å². The molecule has 0 radical (unpaired) electrons. The van der Waals surface area contributed by atoms with E-state index >= 15 is 0 Å². The van der Waals surface area contributed by atoms with Crippen LogP contribution in [0, 0.1) is 11.5 Å². The van der Waals surface area contributed by atoms with Gasteiger partial charge in [-0.3, -0.25) is 5.32 Å². The highest BCUT2D eigenvalue weighted by molar-refractivity contribution is 9.10. The summed E-state index contributed by atoms with van der Waals surface area (Å²) >= 11 is 4.98. The fourth-order valence-electron chi connectivity index (χ4n) is 2.57. The van der Waals surface area contributed by atoms with Gasteiger partial charge in [0.2, 0.25) is 0 Å². The minimum Gasteiger partial charge on any atom is -0.444 e. The second-order valence-corrected chi connectivity index (χ2v) is 8.60. The molecular weight excluding hydrogens is 430 g/mol. The van der Waals surface area contributed by atoms with Crippen molar-refractivity contribution in [1.82, 2.24) is 10.2 Å². The van der Waals surface area contributed by atoms with E-state index in [9.17, 15) is 4.79 Å². The average molecular weight is 454 g/mol. The number of benzene rings is 1. The predicted molar refractivity (Wildman–Crippen MR) is 114 cm³/mol. The van der Waals surface area contributed by atoms with Gasteiger partial charge in [-0.05, 0) is 61.2 Å². The highest BCUT2D eigenvalue weighted by atomic mass is 79.9. The first kappa shape index (κ1) is 21.4. The molecule has 27 heavy (non-hydrogen) atoms. The predicted octanol–water partition coefficient (Wildman–Crippen LogP) is 3.93. The lowest BCUT2D eigenvalue weighted by atomic mass is 10.2. The van der Waals surface area contributed by atoms with E-state index in [1.165, 1.54) is 11.8 Å². The van der Waals surface area contributed by atoms with Crippen LogP contribution in [0.1, 0.15) is 20.8 Å². The van der Waals surface area contributed by atoms with Gasteiger partial charge < -0.3 is 14.5 Å². The maximum Gasteiger partial charge on any atom is 0.410 e. The zero-order valence-corrected chi connectivity index (χ0v) is 18.4. The van der Waals surface area contributed by atoms with Gasteiger partial charge in [-0.1, -0.05) is 11.8 Å². The lowest BCUT2D eigenvalue weighted by molar-refractivity contribution is 0.0240. The van der Waals surface area contributed by atoms with Crippen LogP contribution in [-0.2, 0) is 4.74 Å². The fourth-order valence-corrected chi connectivity index (χ4v) is 3.53. The van der Waals surface area contributed by atoms with E-state index in [4.69, 9.17) is 10.00 Å². The third-order valence-electron chi connectivity index (χ3n) is 3.79. The molecule has 1 N–H and O–H groups in total. The minimum atomic E-state index is -0.483. The van der Waals surface area contributed by atoms with Gasteiger partial charge >= 0.3 is 6.09 Å². The van der Waals surface area contributed by atoms with Crippen molar-refractivity contribution in [2.75, 3.05) is 37.3 Å². The van der Waals surface area contributed by atoms with Gasteiger partial charge in [0, 0.05) is 30.7 Å². The monoisotopic (exact) mass is 453 g/mol. The summed E-state index contributed by atoms with van der Waals surface area (Å²) in [4.78, 5) is 20.6. The molecule has 0 bridgehead atoms. The van der Waals surface area contributed by atoms with Gasteiger partial charge in [0.05, 0.1) is 11.4 Å². The lowest BCUT2D eigenvalue weighted by Gasteiger charge is -2.37. The van der Waals surface area contributed by atoms with E-state index in [0.717, 1.165) is 28.9 Å². The molecule has 0 unspecified atom stereocenters. The second-order valence-electron chi connectivity index (χ2n) is 6.95. The largest absolute Gasteiger partial charge is 0.444 e. The van der Waals surface area contributed by atoms with Crippen molar-refractivity contribution in [3.63, 3.8) is 0 Å². The van der Waals surface area contributed by atoms with Crippen molar-refractivity contribution in [3.8, 4) is 6.19 Å².